The number of methoxy groups -OCH3 is 3. The second kappa shape index (κ2) is 8.24. The summed E-state index contributed by atoms with van der Waals surface area (Å²) in [7, 11) is 4.76. The minimum Gasteiger partial charge on any atom is -0.497 e. The summed E-state index contributed by atoms with van der Waals surface area (Å²) in [5, 5.41) is 0. The van der Waals surface area contributed by atoms with Crippen molar-refractivity contribution in [2.75, 3.05) is 21.3 Å². The fourth-order valence-electron chi connectivity index (χ4n) is 2.27. The van der Waals surface area contributed by atoms with Crippen LogP contribution in [0, 0.1) is 0 Å². The fourth-order valence-corrected chi connectivity index (χ4v) is 2.27. The zero-order chi connectivity index (χ0) is 17.5. The fraction of sp³-hybridized carbons (Fsp3) is 0.316. The van der Waals surface area contributed by atoms with Crippen molar-refractivity contribution in [2.24, 2.45) is 0 Å². The van der Waals surface area contributed by atoms with Gasteiger partial charge < -0.3 is 18.9 Å². The Hall–Kier alpha value is -2.69. The highest BCUT2D eigenvalue weighted by Gasteiger charge is 2.18. The molecule has 0 aliphatic rings. The van der Waals surface area contributed by atoms with Crippen LogP contribution in [-0.4, -0.2) is 27.3 Å². The van der Waals surface area contributed by atoms with Gasteiger partial charge in [-0.1, -0.05) is 12.1 Å². The lowest BCUT2D eigenvalue weighted by molar-refractivity contribution is -0.146. The van der Waals surface area contributed by atoms with E-state index in [9.17, 15) is 4.79 Å². The highest BCUT2D eigenvalue weighted by Crippen LogP contribution is 2.26. The van der Waals surface area contributed by atoms with E-state index in [4.69, 9.17) is 18.9 Å². The molecule has 0 fully saturated rings. The number of benzene rings is 2. The second-order valence-corrected chi connectivity index (χ2v) is 5.28. The Kier molecular flexibility index (Phi) is 6.07. The number of carbonyl (C=O) groups is 1. The van der Waals surface area contributed by atoms with E-state index in [0.29, 0.717) is 11.5 Å². The zero-order valence-electron chi connectivity index (χ0n) is 14.4. The molecule has 0 radical (unpaired) electrons. The van der Waals surface area contributed by atoms with Gasteiger partial charge in [0.05, 0.1) is 27.2 Å². The lowest BCUT2D eigenvalue weighted by Gasteiger charge is -2.14. The average Bonchev–Trinajstić information content (AvgIpc) is 2.65. The summed E-state index contributed by atoms with van der Waals surface area (Å²) >= 11 is 0. The first-order valence-corrected chi connectivity index (χ1v) is 7.60. The van der Waals surface area contributed by atoms with Crippen molar-refractivity contribution in [1.82, 2.24) is 0 Å². The van der Waals surface area contributed by atoms with Gasteiger partial charge in [0.25, 0.3) is 0 Å². The molecule has 2 rings (SSSR count). The van der Waals surface area contributed by atoms with Gasteiger partial charge in [0.1, 0.15) is 23.9 Å². The van der Waals surface area contributed by atoms with Crippen molar-refractivity contribution in [3.05, 3.63) is 53.6 Å². The summed E-state index contributed by atoms with van der Waals surface area (Å²) in [5.41, 5.74) is 1.66. The second-order valence-electron chi connectivity index (χ2n) is 5.28. The van der Waals surface area contributed by atoms with Crippen molar-refractivity contribution < 1.29 is 23.7 Å². The highest BCUT2D eigenvalue weighted by atomic mass is 16.5. The third-order valence-electron chi connectivity index (χ3n) is 3.83. The summed E-state index contributed by atoms with van der Waals surface area (Å²) < 4.78 is 21.0. The largest absolute Gasteiger partial charge is 0.497 e. The maximum absolute atomic E-state index is 12.3. The predicted octanol–water partition coefficient (Wildman–Crippen LogP) is 3.56. The third kappa shape index (κ3) is 4.19. The van der Waals surface area contributed by atoms with Crippen LogP contribution in [0.5, 0.6) is 17.2 Å². The average molecular weight is 330 g/mol. The van der Waals surface area contributed by atoms with Crippen molar-refractivity contribution in [2.45, 2.75) is 19.4 Å². The van der Waals surface area contributed by atoms with Crippen molar-refractivity contribution >= 4 is 5.97 Å². The molecule has 0 aliphatic heterocycles. The van der Waals surface area contributed by atoms with E-state index in [0.717, 1.165) is 16.9 Å². The van der Waals surface area contributed by atoms with E-state index in [-0.39, 0.29) is 18.5 Å². The molecule has 0 aliphatic carbocycles. The van der Waals surface area contributed by atoms with Gasteiger partial charge in [-0.2, -0.15) is 0 Å². The van der Waals surface area contributed by atoms with Crippen molar-refractivity contribution in [1.29, 1.82) is 0 Å². The Labute approximate surface area is 142 Å². The van der Waals surface area contributed by atoms with Gasteiger partial charge in [-0.25, -0.2) is 0 Å². The van der Waals surface area contributed by atoms with Crippen LogP contribution < -0.4 is 14.2 Å². The van der Waals surface area contributed by atoms with Crippen LogP contribution in [0.1, 0.15) is 24.0 Å². The molecule has 0 heterocycles. The minimum absolute atomic E-state index is 0.145. The number of carbonyl (C=O) groups excluding carboxylic acids is 1. The summed E-state index contributed by atoms with van der Waals surface area (Å²) in [6.45, 7) is 1.96. The molecular weight excluding hydrogens is 308 g/mol. The molecule has 2 aromatic rings. The standard InChI is InChI=1S/C19H22O5/c1-13(14-5-8-16(21-2)9-6-14)19(20)24-12-15-7-10-17(22-3)11-18(15)23-4/h5-11,13H,12H2,1-4H3. The van der Waals surface area contributed by atoms with Gasteiger partial charge in [0.15, 0.2) is 0 Å². The minimum atomic E-state index is -0.361. The molecule has 5 heteroatoms. The van der Waals surface area contributed by atoms with E-state index >= 15 is 0 Å². The first-order valence-electron chi connectivity index (χ1n) is 7.60. The van der Waals surface area contributed by atoms with E-state index in [1.54, 1.807) is 33.5 Å². The van der Waals surface area contributed by atoms with E-state index in [1.165, 1.54) is 0 Å². The normalized spacial score (nSPS) is 11.5. The molecule has 0 N–H and O–H groups in total. The molecule has 128 valence electrons. The van der Waals surface area contributed by atoms with Crippen LogP contribution in [0.2, 0.25) is 0 Å². The van der Waals surface area contributed by atoms with Crippen LogP contribution in [0.25, 0.3) is 0 Å². The van der Waals surface area contributed by atoms with Crippen LogP contribution in [-0.2, 0) is 16.1 Å². The molecule has 0 saturated heterocycles. The molecule has 0 spiro atoms. The highest BCUT2D eigenvalue weighted by molar-refractivity contribution is 5.77. The van der Waals surface area contributed by atoms with Crippen molar-refractivity contribution in [3.63, 3.8) is 0 Å². The lowest BCUT2D eigenvalue weighted by atomic mass is 10.0. The topological polar surface area (TPSA) is 54.0 Å². The molecule has 0 aromatic heterocycles. The molecule has 0 saturated carbocycles. The van der Waals surface area contributed by atoms with Gasteiger partial charge in [0, 0.05) is 11.6 Å². The predicted molar refractivity (Wildman–Crippen MR) is 90.8 cm³/mol. The number of hydrogen-bond donors (Lipinski definition) is 0. The molecule has 5 nitrogen and oxygen atoms in total. The van der Waals surface area contributed by atoms with Crippen molar-refractivity contribution in [3.8, 4) is 17.2 Å². The van der Waals surface area contributed by atoms with Gasteiger partial charge in [-0.05, 0) is 36.8 Å². The number of esters is 1. The van der Waals surface area contributed by atoms with Crippen LogP contribution in [0.3, 0.4) is 0 Å². The quantitative estimate of drug-likeness (QED) is 0.727. The molecule has 2 aromatic carbocycles. The summed E-state index contributed by atoms with van der Waals surface area (Å²) in [4.78, 5) is 12.3. The Balaban J connectivity index is 2.01. The Morgan fingerprint density at radius 1 is 0.917 bits per heavy atom. The first kappa shape index (κ1) is 17.7. The molecule has 0 bridgehead atoms. The van der Waals surface area contributed by atoms with Gasteiger partial charge in [-0.3, -0.25) is 4.79 Å². The SMILES string of the molecule is COc1ccc(C(C)C(=O)OCc2ccc(OC)cc2OC)cc1. The van der Waals surface area contributed by atoms with Gasteiger partial charge in [-0.15, -0.1) is 0 Å². The first-order chi connectivity index (χ1) is 11.6. The van der Waals surface area contributed by atoms with Gasteiger partial charge in [0.2, 0.25) is 0 Å². The Morgan fingerprint density at radius 3 is 2.12 bits per heavy atom. The summed E-state index contributed by atoms with van der Waals surface area (Å²) in [6.07, 6.45) is 0. The van der Waals surface area contributed by atoms with Crippen LogP contribution >= 0.6 is 0 Å². The summed E-state index contributed by atoms with van der Waals surface area (Å²) in [5.74, 6) is 1.41. The lowest BCUT2D eigenvalue weighted by Crippen LogP contribution is -2.13. The monoisotopic (exact) mass is 330 g/mol. The summed E-state index contributed by atoms with van der Waals surface area (Å²) in [6, 6.07) is 12.8. The number of ether oxygens (including phenoxy) is 4. The van der Waals surface area contributed by atoms with Crippen LogP contribution in [0.15, 0.2) is 42.5 Å². The molecular formula is C19H22O5. The number of rotatable bonds is 7. The smallest absolute Gasteiger partial charge is 0.313 e. The third-order valence-corrected chi connectivity index (χ3v) is 3.83. The maximum Gasteiger partial charge on any atom is 0.313 e. The molecule has 1 atom stereocenters. The molecule has 0 amide bonds. The molecule has 24 heavy (non-hydrogen) atoms. The Morgan fingerprint density at radius 2 is 1.54 bits per heavy atom. The maximum atomic E-state index is 12.3. The van der Waals surface area contributed by atoms with Gasteiger partial charge >= 0.3 is 5.97 Å². The Bertz CT molecular complexity index is 679. The zero-order valence-corrected chi connectivity index (χ0v) is 14.4. The van der Waals surface area contributed by atoms with E-state index in [2.05, 4.69) is 0 Å². The molecule has 1 unspecified atom stereocenters. The van der Waals surface area contributed by atoms with E-state index < -0.39 is 0 Å². The number of hydrogen-bond acceptors (Lipinski definition) is 5. The van der Waals surface area contributed by atoms with E-state index in [1.807, 2.05) is 37.3 Å². The van der Waals surface area contributed by atoms with Crippen LogP contribution in [0.4, 0.5) is 0 Å².